The van der Waals surface area contributed by atoms with Crippen molar-refractivity contribution in [3.05, 3.63) is 0 Å². The smallest absolute Gasteiger partial charge is 0.252 e. The maximum atomic E-state index is 10.5. The van der Waals surface area contributed by atoms with Crippen molar-refractivity contribution < 1.29 is 18.0 Å². The Bertz CT molecular complexity index is 276. The predicted octanol–water partition coefficient (Wildman–Crippen LogP) is -1.30. The van der Waals surface area contributed by atoms with E-state index in [2.05, 4.69) is 0 Å². The lowest BCUT2D eigenvalue weighted by Gasteiger charge is -2.24. The monoisotopic (exact) mass is 163 g/mol. The molecule has 5 nitrogen and oxygen atoms in total. The first-order valence-electron chi connectivity index (χ1n) is 2.49. The molecule has 0 aromatic heterocycles. The fraction of sp³-hybridized carbons (Fsp3) is 0.500. The fourth-order valence-electron chi connectivity index (χ4n) is 0.691. The molecule has 56 valence electrons. The van der Waals surface area contributed by atoms with Crippen LogP contribution in [0, 0.1) is 0 Å². The molecule has 1 saturated heterocycles. The summed E-state index contributed by atoms with van der Waals surface area (Å²) in [6.07, 6.45) is 0.537. The van der Waals surface area contributed by atoms with Crippen LogP contribution in [0.1, 0.15) is 6.42 Å². The molecule has 6 heteroatoms. The second-order valence-electron chi connectivity index (χ2n) is 1.99. The van der Waals surface area contributed by atoms with E-state index in [9.17, 15) is 18.0 Å². The lowest BCUT2D eigenvalue weighted by Crippen LogP contribution is -2.51. The Kier molecular flexibility index (Phi) is 1.29. The number of rotatable bonds is 1. The highest BCUT2D eigenvalue weighted by Crippen LogP contribution is 2.14. The summed E-state index contributed by atoms with van der Waals surface area (Å²) >= 11 is 0. The Balaban J connectivity index is 2.95. The first-order chi connectivity index (χ1) is 4.43. The molecule has 10 heavy (non-hydrogen) atoms. The van der Waals surface area contributed by atoms with Crippen LogP contribution in [-0.2, 0) is 19.6 Å². The number of imide groups is 1. The van der Waals surface area contributed by atoms with Crippen LogP contribution in [0.4, 0.5) is 0 Å². The number of hydrogen-bond acceptors (Lipinski definition) is 4. The fourth-order valence-corrected chi connectivity index (χ4v) is 1.56. The average Bonchev–Trinajstić information content (AvgIpc) is 1.58. The van der Waals surface area contributed by atoms with Crippen molar-refractivity contribution in [2.24, 2.45) is 0 Å². The van der Waals surface area contributed by atoms with Crippen LogP contribution in [0.25, 0.3) is 0 Å². The highest BCUT2D eigenvalue weighted by atomic mass is 32.2. The molecule has 0 radical (unpaired) electrons. The van der Waals surface area contributed by atoms with Gasteiger partial charge in [0.2, 0.25) is 10.0 Å². The summed E-state index contributed by atoms with van der Waals surface area (Å²) in [6.45, 7) is 0. The van der Waals surface area contributed by atoms with Gasteiger partial charge in [0.05, 0.1) is 6.26 Å². The highest BCUT2D eigenvalue weighted by Gasteiger charge is 2.41. The van der Waals surface area contributed by atoms with Gasteiger partial charge in [0, 0.05) is 0 Å². The topological polar surface area (TPSA) is 71.5 Å². The second kappa shape index (κ2) is 1.79. The van der Waals surface area contributed by atoms with E-state index in [4.69, 9.17) is 0 Å². The van der Waals surface area contributed by atoms with E-state index in [1.807, 2.05) is 0 Å². The van der Waals surface area contributed by atoms with Gasteiger partial charge < -0.3 is 0 Å². The summed E-state index contributed by atoms with van der Waals surface area (Å²) in [5.74, 6) is -1.29. The van der Waals surface area contributed by atoms with Crippen molar-refractivity contribution in [3.8, 4) is 0 Å². The zero-order valence-electron chi connectivity index (χ0n) is 5.20. The molecule has 2 amide bonds. The van der Waals surface area contributed by atoms with Crippen LogP contribution in [-0.4, -0.2) is 30.8 Å². The second-order valence-corrected chi connectivity index (χ2v) is 3.82. The first-order valence-corrected chi connectivity index (χ1v) is 4.34. The lowest BCUT2D eigenvalue weighted by molar-refractivity contribution is -0.150. The van der Waals surface area contributed by atoms with Gasteiger partial charge in [0.1, 0.15) is 6.42 Å². The number of β-lactam (4-membered cyclic amide) rings is 2. The molecular weight excluding hydrogens is 158 g/mol. The number of amides is 2. The summed E-state index contributed by atoms with van der Waals surface area (Å²) in [6, 6.07) is 0. The molecule has 0 spiro atoms. The third kappa shape index (κ3) is 0.900. The molecular formula is C4H5NO4S. The Labute approximate surface area is 57.7 Å². The number of sulfonamides is 1. The SMILES string of the molecule is CS(=O)(=O)N1C(=O)CC1=O. The van der Waals surface area contributed by atoms with Gasteiger partial charge in [0.15, 0.2) is 0 Å². The van der Waals surface area contributed by atoms with E-state index in [0.29, 0.717) is 0 Å². The van der Waals surface area contributed by atoms with Crippen molar-refractivity contribution in [3.63, 3.8) is 0 Å². The van der Waals surface area contributed by atoms with E-state index >= 15 is 0 Å². The predicted molar refractivity (Wildman–Crippen MR) is 31.3 cm³/mol. The third-order valence-corrected chi connectivity index (χ3v) is 2.16. The third-order valence-electron chi connectivity index (χ3n) is 1.09. The van der Waals surface area contributed by atoms with Crippen molar-refractivity contribution in [1.82, 2.24) is 4.31 Å². The van der Waals surface area contributed by atoms with E-state index in [1.165, 1.54) is 0 Å². The van der Waals surface area contributed by atoms with Crippen LogP contribution >= 0.6 is 0 Å². The van der Waals surface area contributed by atoms with Crippen LogP contribution in [0.15, 0.2) is 0 Å². The normalized spacial score (nSPS) is 19.1. The molecule has 0 unspecified atom stereocenters. The molecule has 1 aliphatic rings. The van der Waals surface area contributed by atoms with E-state index in [0.717, 1.165) is 6.26 Å². The molecule has 0 aliphatic carbocycles. The minimum Gasteiger partial charge on any atom is -0.273 e. The van der Waals surface area contributed by atoms with Gasteiger partial charge in [-0.2, -0.15) is 4.31 Å². The van der Waals surface area contributed by atoms with E-state index < -0.39 is 21.8 Å². The molecule has 0 aromatic rings. The summed E-state index contributed by atoms with van der Waals surface area (Å²) in [5.41, 5.74) is 0. The maximum absolute atomic E-state index is 10.5. The summed E-state index contributed by atoms with van der Waals surface area (Å²) < 4.78 is 21.3. The Morgan fingerprint density at radius 2 is 1.70 bits per heavy atom. The Hall–Kier alpha value is -0.910. The van der Waals surface area contributed by atoms with E-state index in [1.54, 1.807) is 0 Å². The lowest BCUT2D eigenvalue weighted by atomic mass is 10.3. The quantitative estimate of drug-likeness (QED) is 0.356. The molecule has 1 aliphatic heterocycles. The number of nitrogens with zero attached hydrogens (tertiary/aromatic N) is 1. The molecule has 0 aromatic carbocycles. The molecule has 0 saturated carbocycles. The summed E-state index contributed by atoms with van der Waals surface area (Å²) in [7, 11) is -3.63. The van der Waals surface area contributed by atoms with Gasteiger partial charge in [-0.25, -0.2) is 8.42 Å². The zero-order valence-corrected chi connectivity index (χ0v) is 6.01. The van der Waals surface area contributed by atoms with Crippen molar-refractivity contribution in [2.45, 2.75) is 6.42 Å². The van der Waals surface area contributed by atoms with Crippen LogP contribution in [0.2, 0.25) is 0 Å². The van der Waals surface area contributed by atoms with Crippen LogP contribution < -0.4 is 0 Å². The van der Waals surface area contributed by atoms with Gasteiger partial charge in [-0.1, -0.05) is 0 Å². The van der Waals surface area contributed by atoms with Gasteiger partial charge in [-0.3, -0.25) is 9.59 Å². The van der Waals surface area contributed by atoms with Crippen LogP contribution in [0.5, 0.6) is 0 Å². The van der Waals surface area contributed by atoms with Crippen LogP contribution in [0.3, 0.4) is 0 Å². The first kappa shape index (κ1) is 7.20. The van der Waals surface area contributed by atoms with Gasteiger partial charge >= 0.3 is 0 Å². The standard InChI is InChI=1S/C4H5NO4S/c1-10(8,9)5-3(6)2-4(5)7/h2H2,1H3. The number of carbonyl (C=O) groups is 2. The number of hydrogen-bond donors (Lipinski definition) is 0. The minimum absolute atomic E-state index is 0.271. The zero-order chi connectivity index (χ0) is 7.94. The molecule has 0 bridgehead atoms. The minimum atomic E-state index is -3.63. The molecule has 1 rings (SSSR count). The molecule has 1 heterocycles. The number of carbonyl (C=O) groups excluding carboxylic acids is 2. The maximum Gasteiger partial charge on any atom is 0.252 e. The van der Waals surface area contributed by atoms with Gasteiger partial charge in [-0.15, -0.1) is 0 Å². The summed E-state index contributed by atoms with van der Waals surface area (Å²) in [5, 5.41) is 0. The van der Waals surface area contributed by atoms with Crippen molar-refractivity contribution in [1.29, 1.82) is 0 Å². The van der Waals surface area contributed by atoms with Crippen molar-refractivity contribution >= 4 is 21.8 Å². The van der Waals surface area contributed by atoms with E-state index in [-0.39, 0.29) is 10.7 Å². The molecule has 1 fully saturated rings. The van der Waals surface area contributed by atoms with Gasteiger partial charge in [-0.05, 0) is 0 Å². The Morgan fingerprint density at radius 1 is 1.30 bits per heavy atom. The largest absolute Gasteiger partial charge is 0.273 e. The molecule has 0 atom stereocenters. The molecule has 0 N–H and O–H groups in total. The Morgan fingerprint density at radius 3 is 1.80 bits per heavy atom. The van der Waals surface area contributed by atoms with Gasteiger partial charge in [0.25, 0.3) is 11.8 Å². The average molecular weight is 163 g/mol. The van der Waals surface area contributed by atoms with Crippen molar-refractivity contribution in [2.75, 3.05) is 6.26 Å². The highest BCUT2D eigenvalue weighted by molar-refractivity contribution is 7.89. The summed E-state index contributed by atoms with van der Waals surface area (Å²) in [4.78, 5) is 20.8.